The molecule has 2 aromatic carbocycles. The first-order chi connectivity index (χ1) is 9.97. The van der Waals surface area contributed by atoms with Crippen LogP contribution < -0.4 is 5.32 Å². The summed E-state index contributed by atoms with van der Waals surface area (Å²) in [6.45, 7) is 2.21. The van der Waals surface area contributed by atoms with Gasteiger partial charge in [0.05, 0.1) is 4.92 Å². The minimum absolute atomic E-state index is 0.0668. The maximum absolute atomic E-state index is 13.2. The van der Waals surface area contributed by atoms with E-state index in [1.807, 2.05) is 13.0 Å². The summed E-state index contributed by atoms with van der Waals surface area (Å²) in [7, 11) is 0. The van der Waals surface area contributed by atoms with E-state index in [0.29, 0.717) is 12.1 Å². The number of nitro groups is 1. The summed E-state index contributed by atoms with van der Waals surface area (Å²) in [5.74, 6) is -0.297. The van der Waals surface area contributed by atoms with Gasteiger partial charge in [0.25, 0.3) is 5.69 Å². The van der Waals surface area contributed by atoms with Crippen molar-refractivity contribution in [1.29, 1.82) is 0 Å². The van der Waals surface area contributed by atoms with Crippen molar-refractivity contribution < 1.29 is 9.31 Å². The predicted molar refractivity (Wildman–Crippen MR) is 82.5 cm³/mol. The molecule has 110 valence electrons. The highest BCUT2D eigenvalue weighted by molar-refractivity contribution is 9.10. The summed E-state index contributed by atoms with van der Waals surface area (Å²) < 4.78 is 14.0. The molecule has 0 aliphatic carbocycles. The third-order valence-electron chi connectivity index (χ3n) is 3.19. The van der Waals surface area contributed by atoms with Gasteiger partial charge in [-0.1, -0.05) is 28.1 Å². The minimum Gasteiger partial charge on any atom is -0.306 e. The Morgan fingerprint density at radius 1 is 1.33 bits per heavy atom. The monoisotopic (exact) mass is 352 g/mol. The van der Waals surface area contributed by atoms with Crippen LogP contribution >= 0.6 is 15.9 Å². The average molecular weight is 353 g/mol. The van der Waals surface area contributed by atoms with Crippen molar-refractivity contribution in [3.63, 3.8) is 0 Å². The number of nitrogens with one attached hydrogen (secondary N) is 1. The van der Waals surface area contributed by atoms with Crippen LogP contribution in [-0.4, -0.2) is 4.92 Å². The molecule has 0 aliphatic rings. The lowest BCUT2D eigenvalue weighted by Crippen LogP contribution is -2.18. The molecule has 0 fully saturated rings. The van der Waals surface area contributed by atoms with Gasteiger partial charge in [0.15, 0.2) is 0 Å². The molecule has 1 N–H and O–H groups in total. The van der Waals surface area contributed by atoms with Gasteiger partial charge in [-0.25, -0.2) is 4.39 Å². The van der Waals surface area contributed by atoms with Crippen LogP contribution in [0.2, 0.25) is 0 Å². The van der Waals surface area contributed by atoms with Crippen molar-refractivity contribution in [3.8, 4) is 0 Å². The molecule has 0 bridgehead atoms. The molecular formula is C15H14BrFN2O2. The zero-order chi connectivity index (χ0) is 15.4. The van der Waals surface area contributed by atoms with Gasteiger partial charge in [0.1, 0.15) is 5.82 Å². The van der Waals surface area contributed by atoms with Crippen molar-refractivity contribution in [1.82, 2.24) is 5.32 Å². The fourth-order valence-electron chi connectivity index (χ4n) is 2.03. The van der Waals surface area contributed by atoms with Crippen LogP contribution in [-0.2, 0) is 6.54 Å². The Labute approximate surface area is 130 Å². The Kier molecular flexibility index (Phi) is 5.03. The third-order valence-corrected chi connectivity index (χ3v) is 3.68. The number of rotatable bonds is 5. The molecule has 0 amide bonds. The molecule has 0 aromatic heterocycles. The van der Waals surface area contributed by atoms with Crippen molar-refractivity contribution in [2.24, 2.45) is 0 Å². The maximum Gasteiger partial charge on any atom is 0.273 e. The number of halogens is 2. The number of hydrogen-bond acceptors (Lipinski definition) is 3. The quantitative estimate of drug-likeness (QED) is 0.642. The Morgan fingerprint density at radius 2 is 2.10 bits per heavy atom. The van der Waals surface area contributed by atoms with E-state index in [-0.39, 0.29) is 17.5 Å². The molecule has 0 saturated carbocycles. The summed E-state index contributed by atoms with van der Waals surface area (Å²) >= 11 is 3.31. The minimum atomic E-state index is -0.406. The fourth-order valence-corrected chi connectivity index (χ4v) is 2.44. The second kappa shape index (κ2) is 6.78. The van der Waals surface area contributed by atoms with Gasteiger partial charge in [-0.2, -0.15) is 0 Å². The topological polar surface area (TPSA) is 55.2 Å². The first kappa shape index (κ1) is 15.6. The molecule has 0 radical (unpaired) electrons. The van der Waals surface area contributed by atoms with Crippen LogP contribution in [0, 0.1) is 15.9 Å². The Morgan fingerprint density at radius 3 is 2.76 bits per heavy atom. The maximum atomic E-state index is 13.2. The first-order valence-electron chi connectivity index (χ1n) is 6.39. The van der Waals surface area contributed by atoms with Gasteiger partial charge < -0.3 is 5.32 Å². The smallest absolute Gasteiger partial charge is 0.273 e. The molecule has 6 heteroatoms. The summed E-state index contributed by atoms with van der Waals surface area (Å²) in [6, 6.07) is 11.0. The normalized spacial score (nSPS) is 12.1. The van der Waals surface area contributed by atoms with Crippen LogP contribution in [0.15, 0.2) is 46.9 Å². The number of hydrogen-bond donors (Lipinski definition) is 1. The summed E-state index contributed by atoms with van der Waals surface area (Å²) in [5, 5.41) is 14.2. The van der Waals surface area contributed by atoms with E-state index in [9.17, 15) is 14.5 Å². The fraction of sp³-hybridized carbons (Fsp3) is 0.200. The molecular weight excluding hydrogens is 339 g/mol. The predicted octanol–water partition coefficient (Wildman–Crippen LogP) is 4.35. The SMILES string of the molecule is C[C@@H](NCc1cc(Br)ccc1[N+](=O)[O-])c1cccc(F)c1. The summed E-state index contributed by atoms with van der Waals surface area (Å²) in [6.07, 6.45) is 0. The Bertz CT molecular complexity index is 664. The largest absolute Gasteiger partial charge is 0.306 e. The van der Waals surface area contributed by atoms with Gasteiger partial charge in [-0.15, -0.1) is 0 Å². The van der Waals surface area contributed by atoms with Crippen LogP contribution in [0.5, 0.6) is 0 Å². The van der Waals surface area contributed by atoms with Crippen LogP contribution in [0.4, 0.5) is 10.1 Å². The second-order valence-corrected chi connectivity index (χ2v) is 5.60. The van der Waals surface area contributed by atoms with E-state index in [1.165, 1.54) is 18.2 Å². The van der Waals surface area contributed by atoms with Gasteiger partial charge in [0.2, 0.25) is 0 Å². The van der Waals surface area contributed by atoms with E-state index in [4.69, 9.17) is 0 Å². The van der Waals surface area contributed by atoms with E-state index < -0.39 is 4.92 Å². The van der Waals surface area contributed by atoms with Crippen molar-refractivity contribution in [2.75, 3.05) is 0 Å². The average Bonchev–Trinajstić information content (AvgIpc) is 2.44. The zero-order valence-corrected chi connectivity index (χ0v) is 12.9. The van der Waals surface area contributed by atoms with Crippen LogP contribution in [0.1, 0.15) is 24.1 Å². The molecule has 1 atom stereocenters. The van der Waals surface area contributed by atoms with Gasteiger partial charge in [-0.05, 0) is 36.8 Å². The lowest BCUT2D eigenvalue weighted by atomic mass is 10.1. The third kappa shape index (κ3) is 4.09. The van der Waals surface area contributed by atoms with Gasteiger partial charge in [0, 0.05) is 28.7 Å². The summed E-state index contributed by atoms with van der Waals surface area (Å²) in [4.78, 5) is 10.6. The Hall–Kier alpha value is -1.79. The second-order valence-electron chi connectivity index (χ2n) is 4.69. The van der Waals surface area contributed by atoms with E-state index in [1.54, 1.807) is 18.2 Å². The van der Waals surface area contributed by atoms with Crippen molar-refractivity contribution in [3.05, 3.63) is 74.0 Å². The number of benzene rings is 2. The lowest BCUT2D eigenvalue weighted by molar-refractivity contribution is -0.385. The van der Waals surface area contributed by atoms with Gasteiger partial charge >= 0.3 is 0 Å². The standard InChI is InChI=1S/C15H14BrFN2O2/c1-10(11-3-2-4-14(17)8-11)18-9-12-7-13(16)5-6-15(12)19(20)21/h2-8,10,18H,9H2,1H3/t10-/m1/s1. The number of nitro benzene ring substituents is 1. The zero-order valence-electron chi connectivity index (χ0n) is 11.3. The van der Waals surface area contributed by atoms with Gasteiger partial charge in [-0.3, -0.25) is 10.1 Å². The van der Waals surface area contributed by atoms with Crippen LogP contribution in [0.3, 0.4) is 0 Å². The highest BCUT2D eigenvalue weighted by Gasteiger charge is 2.15. The molecule has 0 spiro atoms. The molecule has 2 aromatic rings. The van der Waals surface area contributed by atoms with E-state index in [0.717, 1.165) is 10.0 Å². The molecule has 0 unspecified atom stereocenters. The number of nitrogens with zero attached hydrogens (tertiary/aromatic N) is 1. The van der Waals surface area contributed by atoms with Crippen LogP contribution in [0.25, 0.3) is 0 Å². The highest BCUT2D eigenvalue weighted by Crippen LogP contribution is 2.24. The van der Waals surface area contributed by atoms with Crippen molar-refractivity contribution in [2.45, 2.75) is 19.5 Å². The Balaban J connectivity index is 2.12. The van der Waals surface area contributed by atoms with E-state index in [2.05, 4.69) is 21.2 Å². The molecule has 0 aliphatic heterocycles. The molecule has 4 nitrogen and oxygen atoms in total. The molecule has 2 rings (SSSR count). The first-order valence-corrected chi connectivity index (χ1v) is 7.18. The van der Waals surface area contributed by atoms with Crippen molar-refractivity contribution >= 4 is 21.6 Å². The van der Waals surface area contributed by atoms with E-state index >= 15 is 0 Å². The highest BCUT2D eigenvalue weighted by atomic mass is 79.9. The molecule has 21 heavy (non-hydrogen) atoms. The lowest BCUT2D eigenvalue weighted by Gasteiger charge is -2.14. The molecule has 0 heterocycles. The molecule has 0 saturated heterocycles. The summed E-state index contributed by atoms with van der Waals surface area (Å²) in [5.41, 5.74) is 1.45.